The highest BCUT2D eigenvalue weighted by Gasteiger charge is 2.56. The lowest BCUT2D eigenvalue weighted by Crippen LogP contribution is -2.73. The van der Waals surface area contributed by atoms with Crippen molar-refractivity contribution in [2.75, 3.05) is 13.2 Å². The van der Waals surface area contributed by atoms with E-state index in [1.165, 1.54) is 0 Å². The number of carbonyl (C=O) groups excluding carboxylic acids is 1. The van der Waals surface area contributed by atoms with Crippen molar-refractivity contribution in [3.8, 4) is 0 Å². The maximum atomic E-state index is 11.6. The van der Waals surface area contributed by atoms with Crippen molar-refractivity contribution < 1.29 is 54.4 Å². The van der Waals surface area contributed by atoms with Gasteiger partial charge in [0.1, 0.15) is 30.5 Å². The minimum atomic E-state index is -2.44. The lowest BCUT2D eigenvalue weighted by molar-refractivity contribution is -0.357. The number of carbonyl (C=O) groups is 1. The fourth-order valence-corrected chi connectivity index (χ4v) is 3.79. The van der Waals surface area contributed by atoms with Crippen molar-refractivity contribution >= 4 is 5.91 Å². The van der Waals surface area contributed by atoms with E-state index in [2.05, 4.69) is 5.32 Å². The fraction of sp³-hybridized carbons (Fsp3) is 0.667. The Morgan fingerprint density at radius 1 is 1.09 bits per heavy atom. The van der Waals surface area contributed by atoms with Gasteiger partial charge in [-0.25, -0.2) is 0 Å². The quantitative estimate of drug-likeness (QED) is 0.195. The second-order valence-electron chi connectivity index (χ2n) is 8.16. The van der Waals surface area contributed by atoms with Crippen LogP contribution in [0.5, 0.6) is 0 Å². The minimum Gasteiger partial charge on any atom is -0.394 e. The van der Waals surface area contributed by atoms with Crippen LogP contribution in [0.2, 0.25) is 0 Å². The fourth-order valence-electron chi connectivity index (χ4n) is 3.79. The number of aliphatic hydroxyl groups is 6. The molecule has 1 aromatic rings. The Morgan fingerprint density at radius 2 is 1.79 bits per heavy atom. The minimum absolute atomic E-state index is 0.0300. The molecule has 7 N–H and O–H groups in total. The van der Waals surface area contributed by atoms with E-state index in [4.69, 9.17) is 18.9 Å². The summed E-state index contributed by atoms with van der Waals surface area (Å²) in [7, 11) is 0. The molecule has 33 heavy (non-hydrogen) atoms. The average Bonchev–Trinajstić information content (AvgIpc) is 2.79. The van der Waals surface area contributed by atoms with Crippen LogP contribution < -0.4 is 5.32 Å². The highest BCUT2D eigenvalue weighted by molar-refractivity contribution is 5.73. The lowest BCUT2D eigenvalue weighted by Gasteiger charge is -2.48. The summed E-state index contributed by atoms with van der Waals surface area (Å²) in [4.78, 5) is 11.6. The van der Waals surface area contributed by atoms with E-state index in [9.17, 15) is 35.4 Å². The summed E-state index contributed by atoms with van der Waals surface area (Å²) < 4.78 is 22.2. The predicted molar refractivity (Wildman–Crippen MR) is 109 cm³/mol. The second-order valence-corrected chi connectivity index (χ2v) is 8.16. The van der Waals surface area contributed by atoms with Crippen molar-refractivity contribution in [1.82, 2.24) is 5.32 Å². The molecule has 12 nitrogen and oxygen atoms in total. The molecule has 3 rings (SSSR count). The molecule has 0 bridgehead atoms. The molecule has 0 radical (unpaired) electrons. The Bertz CT molecular complexity index is 768. The first-order valence-electron chi connectivity index (χ1n) is 10.6. The van der Waals surface area contributed by atoms with Crippen LogP contribution in [0, 0.1) is 0 Å². The van der Waals surface area contributed by atoms with Gasteiger partial charge in [-0.2, -0.15) is 0 Å². The summed E-state index contributed by atoms with van der Waals surface area (Å²) in [5.74, 6) is -0.687. The third-order valence-electron chi connectivity index (χ3n) is 5.60. The zero-order valence-corrected chi connectivity index (χ0v) is 18.1. The SMILES string of the molecule is CC(=O)N[C@]1(O)C(OCc2ccccc2)O[C@H](COC2C[C@@H](O)[C@H](O)[C@@H](CO)O2)[C@@H](O)[C@@H]1O. The Kier molecular flexibility index (Phi) is 8.75. The maximum absolute atomic E-state index is 11.6. The summed E-state index contributed by atoms with van der Waals surface area (Å²) in [6.45, 7) is 0.194. The van der Waals surface area contributed by atoms with E-state index >= 15 is 0 Å². The zero-order chi connectivity index (χ0) is 24.2. The molecule has 2 aliphatic heterocycles. The number of ether oxygens (including phenoxy) is 4. The Morgan fingerprint density at radius 3 is 2.42 bits per heavy atom. The smallest absolute Gasteiger partial charge is 0.219 e. The van der Waals surface area contributed by atoms with Crippen LogP contribution in [-0.4, -0.2) is 105 Å². The van der Waals surface area contributed by atoms with Gasteiger partial charge in [0.2, 0.25) is 17.9 Å². The van der Waals surface area contributed by atoms with Crippen molar-refractivity contribution in [3.05, 3.63) is 35.9 Å². The normalized spacial score (nSPS) is 39.2. The zero-order valence-electron chi connectivity index (χ0n) is 18.1. The third-order valence-corrected chi connectivity index (χ3v) is 5.60. The van der Waals surface area contributed by atoms with Crippen LogP contribution >= 0.6 is 0 Å². The Hall–Kier alpha value is -1.71. The number of benzene rings is 1. The van der Waals surface area contributed by atoms with Crippen molar-refractivity contribution in [2.45, 2.75) is 74.9 Å². The maximum Gasteiger partial charge on any atom is 0.219 e. The van der Waals surface area contributed by atoms with Gasteiger partial charge in [0.15, 0.2) is 6.29 Å². The van der Waals surface area contributed by atoms with E-state index in [1.807, 2.05) is 6.07 Å². The first kappa shape index (κ1) is 25.9. The largest absolute Gasteiger partial charge is 0.394 e. The topological polar surface area (TPSA) is 187 Å². The number of nitrogens with one attached hydrogen (secondary N) is 1. The summed E-state index contributed by atoms with van der Waals surface area (Å²) in [5.41, 5.74) is -1.71. The lowest BCUT2D eigenvalue weighted by atomic mass is 9.93. The molecule has 0 spiro atoms. The summed E-state index contributed by atoms with van der Waals surface area (Å²) in [6, 6.07) is 8.91. The second kappa shape index (κ2) is 11.1. The molecular weight excluding hydrogens is 442 g/mol. The molecule has 2 aliphatic rings. The molecular formula is C21H31NO11. The van der Waals surface area contributed by atoms with Gasteiger partial charge in [0, 0.05) is 13.3 Å². The third kappa shape index (κ3) is 6.05. The first-order valence-corrected chi connectivity index (χ1v) is 10.6. The molecule has 1 amide bonds. The molecule has 12 heteroatoms. The monoisotopic (exact) mass is 473 g/mol. The van der Waals surface area contributed by atoms with Gasteiger partial charge in [0.25, 0.3) is 0 Å². The molecule has 0 aliphatic carbocycles. The molecule has 2 fully saturated rings. The van der Waals surface area contributed by atoms with Gasteiger partial charge in [-0.15, -0.1) is 0 Å². The van der Waals surface area contributed by atoms with Gasteiger partial charge in [0.05, 0.1) is 25.9 Å². The van der Waals surface area contributed by atoms with E-state index in [-0.39, 0.29) is 19.6 Å². The Labute approximate surface area is 190 Å². The summed E-state index contributed by atoms with van der Waals surface area (Å²) in [5, 5.41) is 63.2. The summed E-state index contributed by atoms with van der Waals surface area (Å²) in [6.07, 6.45) is -11.0. The molecule has 1 aromatic carbocycles. The van der Waals surface area contributed by atoms with Crippen LogP contribution in [0.1, 0.15) is 18.9 Å². The number of hydrogen-bond donors (Lipinski definition) is 7. The molecule has 186 valence electrons. The van der Waals surface area contributed by atoms with E-state index < -0.39 is 67.4 Å². The Balaban J connectivity index is 1.69. The molecule has 2 heterocycles. The predicted octanol–water partition coefficient (Wildman–Crippen LogP) is -2.68. The number of amides is 1. The van der Waals surface area contributed by atoms with Gasteiger partial charge in [-0.1, -0.05) is 30.3 Å². The molecule has 2 saturated heterocycles. The van der Waals surface area contributed by atoms with E-state index in [0.29, 0.717) is 0 Å². The summed E-state index contributed by atoms with van der Waals surface area (Å²) >= 11 is 0. The molecule has 0 saturated carbocycles. The van der Waals surface area contributed by atoms with Crippen molar-refractivity contribution in [1.29, 1.82) is 0 Å². The average molecular weight is 473 g/mol. The van der Waals surface area contributed by atoms with Crippen LogP contribution in [0.3, 0.4) is 0 Å². The van der Waals surface area contributed by atoms with Crippen LogP contribution in [0.15, 0.2) is 30.3 Å². The van der Waals surface area contributed by atoms with Gasteiger partial charge in [-0.05, 0) is 5.56 Å². The number of hydrogen-bond acceptors (Lipinski definition) is 11. The highest BCUT2D eigenvalue weighted by atomic mass is 16.7. The molecule has 0 aromatic heterocycles. The number of rotatable bonds is 8. The first-order chi connectivity index (χ1) is 15.7. The molecule has 2 unspecified atom stereocenters. The van der Waals surface area contributed by atoms with Crippen LogP contribution in [-0.2, 0) is 30.3 Å². The van der Waals surface area contributed by atoms with Crippen molar-refractivity contribution in [2.24, 2.45) is 0 Å². The van der Waals surface area contributed by atoms with Gasteiger partial charge < -0.3 is 54.9 Å². The number of aliphatic hydroxyl groups excluding tert-OH is 5. The highest BCUT2D eigenvalue weighted by Crippen LogP contribution is 2.31. The molecule has 9 atom stereocenters. The van der Waals surface area contributed by atoms with E-state index in [1.54, 1.807) is 24.3 Å². The van der Waals surface area contributed by atoms with E-state index in [0.717, 1.165) is 12.5 Å². The van der Waals surface area contributed by atoms with Gasteiger partial charge >= 0.3 is 0 Å². The van der Waals surface area contributed by atoms with Gasteiger partial charge in [-0.3, -0.25) is 4.79 Å². The standard InChI is InChI=1S/C21H31NO11/c1-11(24)22-21(29)19(28)18(27)15(33-20(21)31-9-12-5-3-2-4-6-12)10-30-16-7-13(25)17(26)14(8-23)32-16/h2-6,13-20,23,25-29H,7-10H2,1H3,(H,22,24)/t13-,14-,15-,16?,17+,18-,19+,20?,21-/m1/s1. The van der Waals surface area contributed by atoms with Crippen LogP contribution in [0.25, 0.3) is 0 Å². The van der Waals surface area contributed by atoms with Crippen molar-refractivity contribution in [3.63, 3.8) is 0 Å². The van der Waals surface area contributed by atoms with Crippen LogP contribution in [0.4, 0.5) is 0 Å².